The van der Waals surface area contributed by atoms with Gasteiger partial charge in [-0.15, -0.1) is 0 Å². The second-order valence-electron chi connectivity index (χ2n) is 7.20. The zero-order valence-corrected chi connectivity index (χ0v) is 16.7. The molecule has 1 aliphatic rings. The van der Waals surface area contributed by atoms with Crippen LogP contribution in [0.3, 0.4) is 0 Å². The first-order chi connectivity index (χ1) is 14.5. The number of para-hydroxylation sites is 1. The number of imidazole rings is 1. The number of anilines is 1. The first-order valence-electron chi connectivity index (χ1n) is 9.70. The number of nitrogens with zero attached hydrogens (tertiary/aromatic N) is 4. The molecule has 0 unspecified atom stereocenters. The summed E-state index contributed by atoms with van der Waals surface area (Å²) in [7, 11) is 3.24. The molecule has 0 radical (unpaired) electrons. The summed E-state index contributed by atoms with van der Waals surface area (Å²) in [5, 5.41) is 27.3. The van der Waals surface area contributed by atoms with Crippen molar-refractivity contribution in [3.8, 4) is 5.75 Å². The van der Waals surface area contributed by atoms with Crippen LogP contribution in [0.5, 0.6) is 5.75 Å². The van der Waals surface area contributed by atoms with Crippen molar-refractivity contribution < 1.29 is 19.7 Å². The molecule has 0 saturated heterocycles. The van der Waals surface area contributed by atoms with E-state index in [1.807, 2.05) is 0 Å². The van der Waals surface area contributed by atoms with Gasteiger partial charge in [-0.3, -0.25) is 4.79 Å². The average Bonchev–Trinajstić information content (AvgIpc) is 3.21. The number of nitrogens with one attached hydrogen (secondary N) is 2. The van der Waals surface area contributed by atoms with Crippen molar-refractivity contribution >= 4 is 22.9 Å². The molecular formula is C20H24N6O4. The molecule has 0 spiro atoms. The van der Waals surface area contributed by atoms with E-state index in [9.17, 15) is 15.0 Å². The third-order valence-electron chi connectivity index (χ3n) is 5.55. The second kappa shape index (κ2) is 8.25. The number of fused-ring (bicyclic) bond motifs is 1. The van der Waals surface area contributed by atoms with Crippen LogP contribution < -0.4 is 15.4 Å². The topological polar surface area (TPSA) is 134 Å². The van der Waals surface area contributed by atoms with Crippen LogP contribution >= 0.6 is 0 Å². The largest absolute Gasteiger partial charge is 0.496 e. The fourth-order valence-electron chi connectivity index (χ4n) is 3.97. The minimum Gasteiger partial charge on any atom is -0.496 e. The van der Waals surface area contributed by atoms with E-state index in [0.717, 1.165) is 0 Å². The third kappa shape index (κ3) is 3.44. The van der Waals surface area contributed by atoms with Crippen molar-refractivity contribution in [2.45, 2.75) is 37.1 Å². The minimum absolute atomic E-state index is 0.360. The Balaban J connectivity index is 1.52. The molecule has 4 N–H and O–H groups in total. The Morgan fingerprint density at radius 3 is 2.73 bits per heavy atom. The highest BCUT2D eigenvalue weighted by Crippen LogP contribution is 2.32. The Labute approximate surface area is 172 Å². The molecule has 1 saturated carbocycles. The van der Waals surface area contributed by atoms with Gasteiger partial charge in [-0.1, -0.05) is 12.1 Å². The van der Waals surface area contributed by atoms with Crippen molar-refractivity contribution in [2.24, 2.45) is 0 Å². The van der Waals surface area contributed by atoms with E-state index >= 15 is 0 Å². The highest BCUT2D eigenvalue weighted by Gasteiger charge is 2.40. The van der Waals surface area contributed by atoms with E-state index in [4.69, 9.17) is 4.74 Å². The minimum atomic E-state index is -1.15. The lowest BCUT2D eigenvalue weighted by Crippen LogP contribution is -2.54. The van der Waals surface area contributed by atoms with Gasteiger partial charge in [0.1, 0.15) is 29.8 Å². The number of amides is 1. The van der Waals surface area contributed by atoms with E-state index in [1.165, 1.54) is 13.4 Å². The molecule has 3 aromatic rings. The lowest BCUT2D eigenvalue weighted by atomic mass is 9.85. The summed E-state index contributed by atoms with van der Waals surface area (Å²) in [6.45, 7) is 0. The van der Waals surface area contributed by atoms with Crippen LogP contribution in [0.2, 0.25) is 0 Å². The molecule has 1 aromatic carbocycles. The number of carbonyl (C=O) groups excluding carboxylic acids is 1. The predicted molar refractivity (Wildman–Crippen MR) is 109 cm³/mol. The molecular weight excluding hydrogens is 388 g/mol. The van der Waals surface area contributed by atoms with E-state index < -0.39 is 24.3 Å². The summed E-state index contributed by atoms with van der Waals surface area (Å²) >= 11 is 0. The van der Waals surface area contributed by atoms with E-state index in [2.05, 4.69) is 25.6 Å². The first kappa shape index (κ1) is 20.0. The molecule has 30 heavy (non-hydrogen) atoms. The Bertz CT molecular complexity index is 1050. The normalized spacial score (nSPS) is 23.9. The zero-order chi connectivity index (χ0) is 21.3. The molecule has 1 aliphatic carbocycles. The first-order valence-corrected chi connectivity index (χ1v) is 9.70. The van der Waals surface area contributed by atoms with Gasteiger partial charge in [0.2, 0.25) is 0 Å². The second-order valence-corrected chi connectivity index (χ2v) is 7.20. The lowest BCUT2D eigenvalue weighted by Gasteiger charge is -2.38. The predicted octanol–water partition coefficient (Wildman–Crippen LogP) is 0.732. The number of hydrogen-bond acceptors (Lipinski definition) is 8. The zero-order valence-electron chi connectivity index (χ0n) is 16.7. The fraction of sp³-hybridized carbons (Fsp3) is 0.400. The molecule has 1 fully saturated rings. The molecule has 0 aliphatic heterocycles. The van der Waals surface area contributed by atoms with Gasteiger partial charge >= 0.3 is 0 Å². The van der Waals surface area contributed by atoms with Gasteiger partial charge in [-0.25, -0.2) is 15.0 Å². The molecule has 10 nitrogen and oxygen atoms in total. The van der Waals surface area contributed by atoms with E-state index in [0.29, 0.717) is 41.1 Å². The number of aliphatic hydroxyl groups is 2. The van der Waals surface area contributed by atoms with Crippen molar-refractivity contribution in [1.29, 1.82) is 0 Å². The Kier molecular flexibility index (Phi) is 5.51. The van der Waals surface area contributed by atoms with Crippen molar-refractivity contribution in [2.75, 3.05) is 19.5 Å². The van der Waals surface area contributed by atoms with Crippen LogP contribution in [0.1, 0.15) is 29.2 Å². The molecule has 2 heterocycles. The van der Waals surface area contributed by atoms with Crippen LogP contribution in [-0.2, 0) is 0 Å². The number of methoxy groups -OCH3 is 1. The molecule has 10 heteroatoms. The van der Waals surface area contributed by atoms with Crippen molar-refractivity contribution in [1.82, 2.24) is 24.8 Å². The Hall–Kier alpha value is -3.24. The molecule has 4 rings (SSSR count). The van der Waals surface area contributed by atoms with Crippen LogP contribution in [0.4, 0.5) is 5.82 Å². The molecule has 158 valence electrons. The molecule has 4 atom stereocenters. The lowest BCUT2D eigenvalue weighted by molar-refractivity contribution is -0.0552. The van der Waals surface area contributed by atoms with Crippen LogP contribution in [0.25, 0.3) is 11.2 Å². The molecule has 2 aromatic heterocycles. The standard InChI is InChI=1S/C20H24N6O4/c1-21-18-15-19(23-9-22-18)26(10-24-15)13-8-7-12(16(27)17(13)28)25-20(29)11-5-3-4-6-14(11)30-2/h3-6,9-10,12-13,16-17,27-28H,7-8H2,1-2H3,(H,25,29)(H,21,22,23)/t12-,13-,16-,17-/m1/s1. The number of carbonyl (C=O) groups is 1. The number of aromatic nitrogens is 4. The Morgan fingerprint density at radius 2 is 1.97 bits per heavy atom. The van der Waals surface area contributed by atoms with Gasteiger partial charge in [0.05, 0.1) is 31.1 Å². The summed E-state index contributed by atoms with van der Waals surface area (Å²) in [6, 6.07) is 5.85. The van der Waals surface area contributed by atoms with E-state index in [-0.39, 0.29) is 5.91 Å². The average molecular weight is 412 g/mol. The van der Waals surface area contributed by atoms with E-state index in [1.54, 1.807) is 42.2 Å². The Morgan fingerprint density at radius 1 is 1.17 bits per heavy atom. The maximum absolute atomic E-state index is 12.7. The van der Waals surface area contributed by atoms with Crippen LogP contribution in [0, 0.1) is 0 Å². The summed E-state index contributed by atoms with van der Waals surface area (Å²) in [5.41, 5.74) is 1.54. The van der Waals surface area contributed by atoms with Gasteiger partial charge in [0, 0.05) is 7.05 Å². The number of benzene rings is 1. The van der Waals surface area contributed by atoms with Gasteiger partial charge < -0.3 is 30.2 Å². The number of hydrogen-bond donors (Lipinski definition) is 4. The highest BCUT2D eigenvalue weighted by molar-refractivity contribution is 5.97. The number of ether oxygens (including phenoxy) is 1. The highest BCUT2D eigenvalue weighted by atomic mass is 16.5. The fourth-order valence-corrected chi connectivity index (χ4v) is 3.97. The SMILES string of the molecule is CNc1ncnc2c1ncn2[C@@H]1CC[C@@H](NC(=O)c2ccccc2OC)[C@@H](O)[C@@H]1O. The summed E-state index contributed by atoms with van der Waals surface area (Å²) in [5.74, 6) is 0.678. The maximum atomic E-state index is 12.7. The molecule has 1 amide bonds. The van der Waals surface area contributed by atoms with Crippen LogP contribution in [-0.4, -0.2) is 68.0 Å². The quantitative estimate of drug-likeness (QED) is 0.482. The number of rotatable bonds is 5. The van der Waals surface area contributed by atoms with Gasteiger partial charge in [-0.2, -0.15) is 0 Å². The summed E-state index contributed by atoms with van der Waals surface area (Å²) < 4.78 is 6.98. The number of aliphatic hydroxyl groups excluding tert-OH is 2. The maximum Gasteiger partial charge on any atom is 0.255 e. The molecule has 0 bridgehead atoms. The van der Waals surface area contributed by atoms with Crippen molar-refractivity contribution in [3.63, 3.8) is 0 Å². The van der Waals surface area contributed by atoms with Gasteiger partial charge in [0.15, 0.2) is 11.5 Å². The van der Waals surface area contributed by atoms with Gasteiger partial charge in [-0.05, 0) is 25.0 Å². The summed E-state index contributed by atoms with van der Waals surface area (Å²) in [6.07, 6.45) is 1.77. The third-order valence-corrected chi connectivity index (χ3v) is 5.55. The smallest absolute Gasteiger partial charge is 0.255 e. The monoisotopic (exact) mass is 412 g/mol. The van der Waals surface area contributed by atoms with Crippen molar-refractivity contribution in [3.05, 3.63) is 42.5 Å². The summed E-state index contributed by atoms with van der Waals surface area (Å²) in [4.78, 5) is 25.4. The van der Waals surface area contributed by atoms with Crippen LogP contribution in [0.15, 0.2) is 36.9 Å². The van der Waals surface area contributed by atoms with Gasteiger partial charge in [0.25, 0.3) is 5.91 Å².